The molecule has 0 aliphatic carbocycles. The van der Waals surface area contributed by atoms with Crippen LogP contribution in [0, 0.1) is 11.8 Å². The number of benzene rings is 3. The van der Waals surface area contributed by atoms with Crippen LogP contribution in [-0.4, -0.2) is 49.9 Å². The summed E-state index contributed by atoms with van der Waals surface area (Å²) in [5, 5.41) is 0. The van der Waals surface area contributed by atoms with Gasteiger partial charge in [0.2, 0.25) is 11.8 Å². The standard InChI is InChI=1S/C30H26N2O6/c1-36-21-11-7-6-10-20(21)32-29(34)24-25(30(32)35)27(28(33)18-12-13-22(37-2)23(16-18)38-3)31-15-14-17-8-4-5-9-19(17)26(24)31/h4-16,24-27H,1-3H3/t24-,25+,26-,27-/m0/s1. The predicted octanol–water partition coefficient (Wildman–Crippen LogP) is 4.11. The van der Waals surface area contributed by atoms with E-state index in [1.54, 1.807) is 42.5 Å². The second kappa shape index (κ2) is 9.06. The Balaban J connectivity index is 1.49. The van der Waals surface area contributed by atoms with Crippen LogP contribution in [0.25, 0.3) is 6.08 Å². The van der Waals surface area contributed by atoms with Crippen LogP contribution in [0.5, 0.6) is 17.2 Å². The van der Waals surface area contributed by atoms with Crippen LogP contribution in [0.2, 0.25) is 0 Å². The molecule has 2 fully saturated rings. The molecule has 4 atom stereocenters. The van der Waals surface area contributed by atoms with Crippen LogP contribution in [0.3, 0.4) is 0 Å². The third-order valence-electron chi connectivity index (χ3n) is 7.72. The van der Waals surface area contributed by atoms with Gasteiger partial charge in [0.25, 0.3) is 0 Å². The molecule has 3 heterocycles. The highest BCUT2D eigenvalue weighted by atomic mass is 16.5. The number of carbonyl (C=O) groups is 3. The molecule has 0 spiro atoms. The van der Waals surface area contributed by atoms with Crippen molar-refractivity contribution >= 4 is 29.4 Å². The maximum atomic E-state index is 14.2. The number of carbonyl (C=O) groups excluding carboxylic acids is 3. The fraction of sp³-hybridized carbons (Fsp3) is 0.233. The predicted molar refractivity (Wildman–Crippen MR) is 140 cm³/mol. The summed E-state index contributed by atoms with van der Waals surface area (Å²) in [7, 11) is 4.52. The first kappa shape index (κ1) is 23.8. The molecule has 0 N–H and O–H groups in total. The maximum Gasteiger partial charge on any atom is 0.240 e. The van der Waals surface area contributed by atoms with Crippen molar-refractivity contribution in [1.82, 2.24) is 4.90 Å². The number of hydrogen-bond donors (Lipinski definition) is 0. The first-order valence-electron chi connectivity index (χ1n) is 12.3. The number of ether oxygens (including phenoxy) is 3. The van der Waals surface area contributed by atoms with Crippen molar-refractivity contribution in [3.63, 3.8) is 0 Å². The van der Waals surface area contributed by atoms with Crippen molar-refractivity contribution in [3.05, 3.63) is 89.6 Å². The molecule has 3 aromatic rings. The summed E-state index contributed by atoms with van der Waals surface area (Å²) >= 11 is 0. The lowest BCUT2D eigenvalue weighted by atomic mass is 9.83. The average Bonchev–Trinajstić information content (AvgIpc) is 3.44. The Morgan fingerprint density at radius 3 is 2.21 bits per heavy atom. The fourth-order valence-electron chi connectivity index (χ4n) is 6.07. The lowest BCUT2D eigenvalue weighted by Crippen LogP contribution is -2.44. The van der Waals surface area contributed by atoms with Gasteiger partial charge in [0.05, 0.1) is 44.9 Å². The number of hydrogen-bond acceptors (Lipinski definition) is 7. The largest absolute Gasteiger partial charge is 0.495 e. The molecule has 0 radical (unpaired) electrons. The molecule has 3 aliphatic rings. The number of fused-ring (bicyclic) bond motifs is 5. The van der Waals surface area contributed by atoms with Crippen LogP contribution < -0.4 is 19.1 Å². The van der Waals surface area contributed by atoms with E-state index < -0.39 is 29.8 Å². The van der Waals surface area contributed by atoms with E-state index in [0.717, 1.165) is 11.1 Å². The molecule has 0 saturated carbocycles. The Morgan fingerprint density at radius 2 is 1.45 bits per heavy atom. The van der Waals surface area contributed by atoms with Gasteiger partial charge >= 0.3 is 0 Å². The maximum absolute atomic E-state index is 14.2. The van der Waals surface area contributed by atoms with Crippen molar-refractivity contribution in [3.8, 4) is 17.2 Å². The zero-order valence-electron chi connectivity index (χ0n) is 21.2. The Bertz CT molecular complexity index is 1500. The minimum atomic E-state index is -0.885. The highest BCUT2D eigenvalue weighted by molar-refractivity contribution is 6.25. The highest BCUT2D eigenvalue weighted by Gasteiger charge is 2.64. The van der Waals surface area contributed by atoms with Crippen molar-refractivity contribution in [2.45, 2.75) is 12.1 Å². The molecular formula is C30H26N2O6. The molecule has 2 amide bonds. The van der Waals surface area contributed by atoms with E-state index in [2.05, 4.69) is 0 Å². The molecule has 6 rings (SSSR count). The summed E-state index contributed by atoms with van der Waals surface area (Å²) in [6.07, 6.45) is 3.76. The number of rotatable bonds is 6. The summed E-state index contributed by atoms with van der Waals surface area (Å²) in [5.41, 5.74) is 2.62. The normalized spacial score (nSPS) is 23.1. The summed E-state index contributed by atoms with van der Waals surface area (Å²) < 4.78 is 16.2. The van der Waals surface area contributed by atoms with E-state index in [-0.39, 0.29) is 11.7 Å². The van der Waals surface area contributed by atoms with E-state index in [1.165, 1.54) is 26.2 Å². The average molecular weight is 511 g/mol. The highest BCUT2D eigenvalue weighted by Crippen LogP contribution is 2.54. The Labute approximate surface area is 220 Å². The van der Waals surface area contributed by atoms with E-state index >= 15 is 0 Å². The monoisotopic (exact) mass is 510 g/mol. The number of Topliss-reactive ketones (excluding diaryl/α,β-unsaturated/α-hetero) is 1. The van der Waals surface area contributed by atoms with Crippen molar-refractivity contribution in [2.75, 3.05) is 26.2 Å². The number of imide groups is 1. The number of amides is 2. The van der Waals surface area contributed by atoms with Crippen LogP contribution >= 0.6 is 0 Å². The minimum Gasteiger partial charge on any atom is -0.495 e. The molecule has 0 bridgehead atoms. The molecule has 38 heavy (non-hydrogen) atoms. The molecule has 8 heteroatoms. The Hall–Kier alpha value is -4.59. The summed E-state index contributed by atoms with van der Waals surface area (Å²) in [6, 6.07) is 18.3. The number of ketones is 1. The first-order valence-corrected chi connectivity index (χ1v) is 12.3. The van der Waals surface area contributed by atoms with Gasteiger partial charge in [-0.2, -0.15) is 0 Å². The minimum absolute atomic E-state index is 0.268. The molecule has 192 valence electrons. The Morgan fingerprint density at radius 1 is 0.763 bits per heavy atom. The first-order chi connectivity index (χ1) is 18.5. The fourth-order valence-corrected chi connectivity index (χ4v) is 6.07. The van der Waals surface area contributed by atoms with E-state index in [0.29, 0.717) is 28.5 Å². The number of anilines is 1. The smallest absolute Gasteiger partial charge is 0.240 e. The zero-order chi connectivity index (χ0) is 26.6. The summed E-state index contributed by atoms with van der Waals surface area (Å²) in [6.45, 7) is 0. The quantitative estimate of drug-likeness (QED) is 0.364. The van der Waals surface area contributed by atoms with Gasteiger partial charge in [-0.05, 0) is 47.5 Å². The lowest BCUT2D eigenvalue weighted by molar-refractivity contribution is -0.123. The Kier molecular flexibility index (Phi) is 5.67. The zero-order valence-corrected chi connectivity index (χ0v) is 21.2. The van der Waals surface area contributed by atoms with Crippen LogP contribution in [-0.2, 0) is 9.59 Å². The van der Waals surface area contributed by atoms with E-state index in [1.807, 2.05) is 41.4 Å². The van der Waals surface area contributed by atoms with Gasteiger partial charge in [-0.1, -0.05) is 36.4 Å². The topological polar surface area (TPSA) is 85.4 Å². The van der Waals surface area contributed by atoms with Crippen LogP contribution in [0.1, 0.15) is 27.5 Å². The summed E-state index contributed by atoms with van der Waals surface area (Å²) in [5.74, 6) is -1.33. The van der Waals surface area contributed by atoms with Crippen LogP contribution in [0.4, 0.5) is 5.69 Å². The van der Waals surface area contributed by atoms with E-state index in [9.17, 15) is 14.4 Å². The third kappa shape index (κ3) is 3.33. The SMILES string of the molecule is COc1ccc(C(=O)[C@@H]2[C@@H]3C(=O)N(c4ccccc4OC)C(=O)[C@@H]3[C@@H]3c4ccccc4C=CN23)cc1OC. The third-order valence-corrected chi connectivity index (χ3v) is 7.72. The van der Waals surface area contributed by atoms with Crippen LogP contribution in [0.15, 0.2) is 72.9 Å². The molecule has 2 saturated heterocycles. The number of para-hydroxylation sites is 2. The molecule has 8 nitrogen and oxygen atoms in total. The van der Waals surface area contributed by atoms with Gasteiger partial charge in [-0.25, -0.2) is 4.90 Å². The van der Waals surface area contributed by atoms with Gasteiger partial charge in [0.15, 0.2) is 17.3 Å². The van der Waals surface area contributed by atoms with Gasteiger partial charge in [-0.15, -0.1) is 0 Å². The van der Waals surface area contributed by atoms with Gasteiger partial charge in [0.1, 0.15) is 11.8 Å². The van der Waals surface area contributed by atoms with Crippen molar-refractivity contribution < 1.29 is 28.6 Å². The second-order valence-corrected chi connectivity index (χ2v) is 9.45. The van der Waals surface area contributed by atoms with Crippen molar-refractivity contribution in [1.29, 1.82) is 0 Å². The molecule has 3 aromatic carbocycles. The van der Waals surface area contributed by atoms with Gasteiger partial charge in [0, 0.05) is 11.8 Å². The molecule has 3 aliphatic heterocycles. The summed E-state index contributed by atoms with van der Waals surface area (Å²) in [4.78, 5) is 45.4. The van der Waals surface area contributed by atoms with Gasteiger partial charge < -0.3 is 19.1 Å². The lowest BCUT2D eigenvalue weighted by Gasteiger charge is -2.35. The molecule has 0 aromatic heterocycles. The molecule has 0 unspecified atom stereocenters. The number of methoxy groups -OCH3 is 3. The number of nitrogens with zero attached hydrogens (tertiary/aromatic N) is 2. The molecular weight excluding hydrogens is 484 g/mol. The second-order valence-electron chi connectivity index (χ2n) is 9.45. The van der Waals surface area contributed by atoms with Gasteiger partial charge in [-0.3, -0.25) is 14.4 Å². The van der Waals surface area contributed by atoms with E-state index in [4.69, 9.17) is 14.2 Å². The van der Waals surface area contributed by atoms with Crippen molar-refractivity contribution in [2.24, 2.45) is 11.8 Å².